The summed E-state index contributed by atoms with van der Waals surface area (Å²) < 4.78 is 3.79. The Hall–Kier alpha value is -2.08. The van der Waals surface area contributed by atoms with Crippen LogP contribution in [0.2, 0.25) is 0 Å². The summed E-state index contributed by atoms with van der Waals surface area (Å²) in [6.45, 7) is 4.12. The van der Waals surface area contributed by atoms with Crippen molar-refractivity contribution in [2.24, 2.45) is 7.05 Å². The Morgan fingerprint density at radius 3 is 2.38 bits per heavy atom. The Morgan fingerprint density at radius 1 is 1.19 bits per heavy atom. The number of imidazole rings is 1. The van der Waals surface area contributed by atoms with Crippen LogP contribution in [-0.2, 0) is 7.05 Å². The van der Waals surface area contributed by atoms with Gasteiger partial charge >= 0.3 is 0 Å². The second-order valence-electron chi connectivity index (χ2n) is 4.12. The third kappa shape index (κ3) is 1.82. The zero-order valence-electron chi connectivity index (χ0n) is 9.73. The highest BCUT2D eigenvalue weighted by Gasteiger charge is 2.13. The number of aryl methyl sites for hydroxylation is 3. The number of hydrogen-bond acceptors (Lipinski definition) is 1. The van der Waals surface area contributed by atoms with Crippen LogP contribution in [0.25, 0.3) is 5.69 Å². The van der Waals surface area contributed by atoms with Crippen LogP contribution in [0.5, 0.6) is 0 Å². The van der Waals surface area contributed by atoms with Gasteiger partial charge in [0.15, 0.2) is 0 Å². The van der Waals surface area contributed by atoms with E-state index in [1.54, 1.807) is 0 Å². The summed E-state index contributed by atoms with van der Waals surface area (Å²) >= 11 is 0. The number of nitriles is 1. The molecule has 0 fully saturated rings. The van der Waals surface area contributed by atoms with E-state index in [0.29, 0.717) is 5.69 Å². The second kappa shape index (κ2) is 3.82. The summed E-state index contributed by atoms with van der Waals surface area (Å²) in [4.78, 5) is 0. The monoisotopic (exact) mass is 212 g/mol. The van der Waals surface area contributed by atoms with Crippen LogP contribution in [0, 0.1) is 25.2 Å². The molecule has 0 amide bonds. The average Bonchev–Trinajstić information content (AvgIpc) is 2.58. The number of aromatic nitrogens is 2. The second-order valence-corrected chi connectivity index (χ2v) is 4.12. The minimum Gasteiger partial charge on any atom is -0.238 e. The molecule has 16 heavy (non-hydrogen) atoms. The standard InChI is InChI=1S/C13H14N3/c1-10-4-11(2)6-12(5-10)16-9-15(3)8-13(16)7-14/h4-6,8-9H,1-3H3/q+1. The molecular formula is C13H14N3+. The smallest absolute Gasteiger partial charge is 0.238 e. The lowest BCUT2D eigenvalue weighted by atomic mass is 10.1. The maximum atomic E-state index is 9.05. The van der Waals surface area contributed by atoms with E-state index >= 15 is 0 Å². The van der Waals surface area contributed by atoms with E-state index in [1.165, 1.54) is 11.1 Å². The fourth-order valence-corrected chi connectivity index (χ4v) is 1.91. The molecule has 0 saturated carbocycles. The van der Waals surface area contributed by atoms with Gasteiger partial charge in [0.1, 0.15) is 18.0 Å². The molecule has 0 atom stereocenters. The zero-order chi connectivity index (χ0) is 11.7. The summed E-state index contributed by atoms with van der Waals surface area (Å²) in [5, 5.41) is 9.05. The van der Waals surface area contributed by atoms with Crippen molar-refractivity contribution in [1.82, 2.24) is 4.57 Å². The Morgan fingerprint density at radius 2 is 1.81 bits per heavy atom. The Bertz CT molecular complexity index is 553. The van der Waals surface area contributed by atoms with Crippen molar-refractivity contribution in [2.45, 2.75) is 13.8 Å². The van der Waals surface area contributed by atoms with Crippen LogP contribution in [0.4, 0.5) is 0 Å². The van der Waals surface area contributed by atoms with E-state index in [2.05, 4.69) is 38.1 Å². The van der Waals surface area contributed by atoms with Crippen molar-refractivity contribution in [3.63, 3.8) is 0 Å². The lowest BCUT2D eigenvalue weighted by Gasteiger charge is -2.01. The van der Waals surface area contributed by atoms with E-state index in [0.717, 1.165) is 5.69 Å². The Balaban J connectivity index is 2.63. The minimum atomic E-state index is 0.646. The third-order valence-electron chi connectivity index (χ3n) is 2.48. The molecular weight excluding hydrogens is 198 g/mol. The predicted octanol–water partition coefficient (Wildman–Crippen LogP) is 1.79. The number of nitrogens with zero attached hydrogens (tertiary/aromatic N) is 3. The van der Waals surface area contributed by atoms with Crippen molar-refractivity contribution in [3.05, 3.63) is 47.5 Å². The first-order valence-corrected chi connectivity index (χ1v) is 5.16. The van der Waals surface area contributed by atoms with Gasteiger partial charge in [-0.1, -0.05) is 6.07 Å². The van der Waals surface area contributed by atoms with Crippen molar-refractivity contribution < 1.29 is 4.57 Å². The number of benzene rings is 1. The molecule has 0 unspecified atom stereocenters. The quantitative estimate of drug-likeness (QED) is 0.663. The van der Waals surface area contributed by atoms with Crippen LogP contribution in [0.1, 0.15) is 16.8 Å². The summed E-state index contributed by atoms with van der Waals surface area (Å²) in [6.07, 6.45) is 3.73. The van der Waals surface area contributed by atoms with Gasteiger partial charge in [-0.3, -0.25) is 0 Å². The minimum absolute atomic E-state index is 0.646. The highest BCUT2D eigenvalue weighted by molar-refractivity contribution is 5.41. The molecule has 3 heteroatoms. The fraction of sp³-hybridized carbons (Fsp3) is 0.231. The molecule has 0 N–H and O–H groups in total. The molecule has 0 aliphatic rings. The number of hydrogen-bond donors (Lipinski definition) is 0. The van der Waals surface area contributed by atoms with Gasteiger partial charge in [0.2, 0.25) is 12.0 Å². The maximum absolute atomic E-state index is 9.05. The van der Waals surface area contributed by atoms with Crippen LogP contribution in [0.15, 0.2) is 30.7 Å². The summed E-state index contributed by atoms with van der Waals surface area (Å²) in [5.41, 5.74) is 4.09. The van der Waals surface area contributed by atoms with Gasteiger partial charge in [0.25, 0.3) is 0 Å². The van der Waals surface area contributed by atoms with Crippen molar-refractivity contribution in [2.75, 3.05) is 0 Å². The van der Waals surface area contributed by atoms with Gasteiger partial charge in [0, 0.05) is 0 Å². The topological polar surface area (TPSA) is 32.6 Å². The Labute approximate surface area is 95.2 Å². The van der Waals surface area contributed by atoms with E-state index in [9.17, 15) is 0 Å². The van der Waals surface area contributed by atoms with Crippen molar-refractivity contribution in [3.8, 4) is 11.8 Å². The molecule has 0 bridgehead atoms. The first-order chi connectivity index (χ1) is 7.60. The van der Waals surface area contributed by atoms with Gasteiger partial charge in [-0.25, -0.2) is 4.57 Å². The lowest BCUT2D eigenvalue weighted by molar-refractivity contribution is -0.670. The molecule has 1 aromatic carbocycles. The maximum Gasteiger partial charge on any atom is 0.249 e. The average molecular weight is 212 g/mol. The summed E-state index contributed by atoms with van der Waals surface area (Å²) in [6, 6.07) is 8.47. The molecule has 80 valence electrons. The van der Waals surface area contributed by atoms with E-state index < -0.39 is 0 Å². The molecule has 2 aromatic rings. The van der Waals surface area contributed by atoms with Crippen LogP contribution < -0.4 is 4.57 Å². The normalized spacial score (nSPS) is 10.1. The number of rotatable bonds is 1. The molecule has 0 aliphatic carbocycles. The van der Waals surface area contributed by atoms with Gasteiger partial charge in [-0.05, 0) is 37.1 Å². The first kappa shape index (κ1) is 10.4. The zero-order valence-corrected chi connectivity index (χ0v) is 9.73. The van der Waals surface area contributed by atoms with E-state index in [-0.39, 0.29) is 0 Å². The van der Waals surface area contributed by atoms with Crippen LogP contribution >= 0.6 is 0 Å². The SMILES string of the molecule is Cc1cc(C)cc(-n2c[n+](C)cc2C#N)c1. The predicted molar refractivity (Wildman–Crippen MR) is 61.1 cm³/mol. The van der Waals surface area contributed by atoms with Crippen LogP contribution in [-0.4, -0.2) is 4.57 Å². The van der Waals surface area contributed by atoms with Crippen molar-refractivity contribution in [1.29, 1.82) is 5.26 Å². The van der Waals surface area contributed by atoms with Gasteiger partial charge in [0.05, 0.1) is 7.05 Å². The first-order valence-electron chi connectivity index (χ1n) is 5.16. The molecule has 1 aromatic heterocycles. The van der Waals surface area contributed by atoms with E-state index in [4.69, 9.17) is 5.26 Å². The molecule has 3 nitrogen and oxygen atoms in total. The van der Waals surface area contributed by atoms with Crippen molar-refractivity contribution >= 4 is 0 Å². The molecule has 2 rings (SSSR count). The fourth-order valence-electron chi connectivity index (χ4n) is 1.91. The highest BCUT2D eigenvalue weighted by Crippen LogP contribution is 2.14. The van der Waals surface area contributed by atoms with E-state index in [1.807, 2.05) is 28.7 Å². The molecule has 0 spiro atoms. The van der Waals surface area contributed by atoms with Gasteiger partial charge in [-0.2, -0.15) is 9.83 Å². The lowest BCUT2D eigenvalue weighted by Crippen LogP contribution is -2.23. The molecule has 1 heterocycles. The Kier molecular flexibility index (Phi) is 2.49. The molecule has 0 saturated heterocycles. The summed E-state index contributed by atoms with van der Waals surface area (Å²) in [5.74, 6) is 0. The highest BCUT2D eigenvalue weighted by atomic mass is 15.1. The third-order valence-corrected chi connectivity index (χ3v) is 2.48. The molecule has 0 radical (unpaired) electrons. The van der Waals surface area contributed by atoms with Gasteiger partial charge in [-0.15, -0.1) is 0 Å². The largest absolute Gasteiger partial charge is 0.249 e. The molecule has 0 aliphatic heterocycles. The van der Waals surface area contributed by atoms with Crippen LogP contribution in [0.3, 0.4) is 0 Å². The van der Waals surface area contributed by atoms with Gasteiger partial charge < -0.3 is 0 Å². The summed E-state index contributed by atoms with van der Waals surface area (Å²) in [7, 11) is 1.92.